The van der Waals surface area contributed by atoms with Crippen molar-refractivity contribution in [1.29, 1.82) is 0 Å². The molecule has 1 saturated carbocycles. The summed E-state index contributed by atoms with van der Waals surface area (Å²) in [4.78, 5) is 29.1. The fourth-order valence-electron chi connectivity index (χ4n) is 3.54. The van der Waals surface area contributed by atoms with E-state index < -0.39 is 12.1 Å². The van der Waals surface area contributed by atoms with E-state index in [1.54, 1.807) is 4.90 Å². The van der Waals surface area contributed by atoms with Crippen LogP contribution >= 0.6 is 34.5 Å². The van der Waals surface area contributed by atoms with Crippen LogP contribution in [0, 0.1) is 11.3 Å². The number of hydrogen-bond donors (Lipinski definition) is 1. The maximum absolute atomic E-state index is 12.6. The first kappa shape index (κ1) is 18.7. The summed E-state index contributed by atoms with van der Waals surface area (Å²) in [6.45, 7) is 0.556. The quantitative estimate of drug-likeness (QED) is 0.822. The first-order valence-electron chi connectivity index (χ1n) is 7.58. The number of hydrogen-bond acceptors (Lipinski definition) is 4. The molecular weight excluding hydrogens is 402 g/mol. The number of thiazole rings is 1. The molecule has 2 aliphatic rings. The number of nitrogens with zero attached hydrogens (tertiary/aromatic N) is 2. The first-order valence-corrected chi connectivity index (χ1v) is 9.16. The minimum absolute atomic E-state index is 0.0612. The second kappa shape index (κ2) is 6.59. The van der Waals surface area contributed by atoms with Crippen molar-refractivity contribution in [3.63, 3.8) is 0 Å². The summed E-state index contributed by atoms with van der Waals surface area (Å²) >= 11 is 12.7. The van der Waals surface area contributed by atoms with Crippen LogP contribution in [0.25, 0.3) is 0 Å². The highest BCUT2D eigenvalue weighted by Gasteiger charge is 2.52. The molecule has 1 aliphatic carbocycles. The second-order valence-corrected chi connectivity index (χ2v) is 8.58. The molecule has 1 unspecified atom stereocenters. The van der Waals surface area contributed by atoms with Crippen LogP contribution in [0.5, 0.6) is 0 Å². The average Bonchev–Trinajstić information content (AvgIpc) is 3.03. The standard InChI is InChI=1S/C14H14Cl2F3N3O2S/c15-9-8(21-12(16)25-9)10(23)22-5-7(13(6-22)2-1-3-13)4-20-11(24)14(17,18)19/h7H,1-6H2,(H,20,24). The zero-order chi connectivity index (χ0) is 18.4. The first-order chi connectivity index (χ1) is 11.6. The van der Waals surface area contributed by atoms with E-state index in [2.05, 4.69) is 4.98 Å². The Labute approximate surface area is 155 Å². The van der Waals surface area contributed by atoms with Crippen molar-refractivity contribution in [3.8, 4) is 0 Å². The van der Waals surface area contributed by atoms with Gasteiger partial charge in [-0.15, -0.1) is 0 Å². The summed E-state index contributed by atoms with van der Waals surface area (Å²) in [6.07, 6.45) is -2.33. The van der Waals surface area contributed by atoms with E-state index in [0.717, 1.165) is 30.6 Å². The van der Waals surface area contributed by atoms with Crippen LogP contribution in [-0.2, 0) is 4.79 Å². The molecule has 1 aromatic rings. The van der Waals surface area contributed by atoms with E-state index in [1.807, 2.05) is 5.32 Å². The molecule has 1 atom stereocenters. The summed E-state index contributed by atoms with van der Waals surface area (Å²) in [5, 5.41) is 1.94. The molecule has 138 valence electrons. The number of halogens is 5. The van der Waals surface area contributed by atoms with Crippen molar-refractivity contribution < 1.29 is 22.8 Å². The van der Waals surface area contributed by atoms with Gasteiger partial charge in [0.05, 0.1) is 0 Å². The number of carbonyl (C=O) groups is 2. The van der Waals surface area contributed by atoms with Crippen molar-refractivity contribution in [3.05, 3.63) is 14.5 Å². The number of carbonyl (C=O) groups excluding carboxylic acids is 2. The zero-order valence-electron chi connectivity index (χ0n) is 12.8. The van der Waals surface area contributed by atoms with Gasteiger partial charge in [0.15, 0.2) is 10.2 Å². The Morgan fingerprint density at radius 1 is 1.36 bits per heavy atom. The SMILES string of the molecule is O=C(c1nc(Cl)sc1Cl)N1CC(CNC(=O)C(F)(F)F)C2(CCC2)C1. The van der Waals surface area contributed by atoms with Crippen LogP contribution < -0.4 is 5.32 Å². The number of nitrogens with one attached hydrogen (secondary N) is 1. The van der Waals surface area contributed by atoms with Crippen LogP contribution in [0.3, 0.4) is 0 Å². The van der Waals surface area contributed by atoms with E-state index in [4.69, 9.17) is 23.2 Å². The van der Waals surface area contributed by atoms with Gasteiger partial charge in [-0.25, -0.2) is 4.98 Å². The highest BCUT2D eigenvalue weighted by molar-refractivity contribution is 7.19. The molecular formula is C14H14Cl2F3N3O2S. The smallest absolute Gasteiger partial charge is 0.348 e. The Kier molecular flexibility index (Phi) is 4.93. The molecule has 3 rings (SSSR count). The molecule has 1 N–H and O–H groups in total. The lowest BCUT2D eigenvalue weighted by molar-refractivity contribution is -0.174. The number of likely N-dealkylation sites (tertiary alicyclic amines) is 1. The van der Waals surface area contributed by atoms with Gasteiger partial charge in [0.1, 0.15) is 4.34 Å². The Bertz CT molecular complexity index is 706. The molecule has 0 aromatic carbocycles. The maximum atomic E-state index is 12.6. The minimum Gasteiger partial charge on any atom is -0.348 e. The molecule has 2 amide bonds. The third-order valence-electron chi connectivity index (χ3n) is 4.98. The number of alkyl halides is 3. The average molecular weight is 416 g/mol. The summed E-state index contributed by atoms with van der Waals surface area (Å²) in [7, 11) is 0. The Morgan fingerprint density at radius 2 is 2.04 bits per heavy atom. The van der Waals surface area contributed by atoms with Crippen LogP contribution in [0.1, 0.15) is 29.8 Å². The number of aromatic nitrogens is 1. The van der Waals surface area contributed by atoms with E-state index in [1.165, 1.54) is 0 Å². The Hall–Kier alpha value is -1.06. The highest BCUT2D eigenvalue weighted by atomic mass is 35.5. The summed E-state index contributed by atoms with van der Waals surface area (Å²) in [5.41, 5.74) is -0.188. The number of rotatable bonds is 3. The van der Waals surface area contributed by atoms with Crippen molar-refractivity contribution in [2.45, 2.75) is 25.4 Å². The van der Waals surface area contributed by atoms with Gasteiger partial charge in [0, 0.05) is 25.6 Å². The lowest BCUT2D eigenvalue weighted by Gasteiger charge is -2.42. The molecule has 1 aromatic heterocycles. The molecule has 2 fully saturated rings. The monoisotopic (exact) mass is 415 g/mol. The largest absolute Gasteiger partial charge is 0.471 e. The van der Waals surface area contributed by atoms with Crippen LogP contribution in [0.4, 0.5) is 13.2 Å². The van der Waals surface area contributed by atoms with Gasteiger partial charge in [0.2, 0.25) is 0 Å². The van der Waals surface area contributed by atoms with Gasteiger partial charge in [-0.05, 0) is 18.3 Å². The highest BCUT2D eigenvalue weighted by Crippen LogP contribution is 2.51. The predicted octanol–water partition coefficient (Wildman–Crippen LogP) is 3.37. The van der Waals surface area contributed by atoms with Gasteiger partial charge in [0.25, 0.3) is 5.91 Å². The Balaban J connectivity index is 1.70. The molecule has 11 heteroatoms. The summed E-state index contributed by atoms with van der Waals surface area (Å²) < 4.78 is 37.5. The van der Waals surface area contributed by atoms with E-state index >= 15 is 0 Å². The second-order valence-electron chi connectivity index (χ2n) is 6.40. The predicted molar refractivity (Wildman–Crippen MR) is 86.9 cm³/mol. The fraction of sp³-hybridized carbons (Fsp3) is 0.643. The van der Waals surface area contributed by atoms with Crippen LogP contribution in [0.2, 0.25) is 8.80 Å². The maximum Gasteiger partial charge on any atom is 0.471 e. The van der Waals surface area contributed by atoms with Gasteiger partial charge in [-0.2, -0.15) is 13.2 Å². The van der Waals surface area contributed by atoms with Gasteiger partial charge < -0.3 is 10.2 Å². The van der Waals surface area contributed by atoms with Crippen molar-refractivity contribution >= 4 is 46.4 Å². The third kappa shape index (κ3) is 3.59. The molecule has 0 radical (unpaired) electrons. The van der Waals surface area contributed by atoms with Gasteiger partial charge in [-0.3, -0.25) is 9.59 Å². The lowest BCUT2D eigenvalue weighted by Crippen LogP contribution is -2.45. The molecule has 25 heavy (non-hydrogen) atoms. The molecule has 2 heterocycles. The molecule has 1 spiro atoms. The van der Waals surface area contributed by atoms with Crippen molar-refractivity contribution in [2.24, 2.45) is 11.3 Å². The topological polar surface area (TPSA) is 62.3 Å². The zero-order valence-corrected chi connectivity index (χ0v) is 15.2. The number of amides is 2. The summed E-state index contributed by atoms with van der Waals surface area (Å²) in [6, 6.07) is 0. The van der Waals surface area contributed by atoms with Gasteiger partial charge in [-0.1, -0.05) is 41.0 Å². The van der Waals surface area contributed by atoms with Crippen LogP contribution in [0.15, 0.2) is 0 Å². The van der Waals surface area contributed by atoms with Gasteiger partial charge >= 0.3 is 12.1 Å². The van der Waals surface area contributed by atoms with Crippen LogP contribution in [-0.4, -0.2) is 47.5 Å². The van der Waals surface area contributed by atoms with E-state index in [9.17, 15) is 22.8 Å². The van der Waals surface area contributed by atoms with Crippen molar-refractivity contribution in [2.75, 3.05) is 19.6 Å². The molecule has 0 bridgehead atoms. The van der Waals surface area contributed by atoms with E-state index in [0.29, 0.717) is 6.54 Å². The molecule has 1 saturated heterocycles. The summed E-state index contributed by atoms with van der Waals surface area (Å²) in [5.74, 6) is -2.57. The Morgan fingerprint density at radius 3 is 2.52 bits per heavy atom. The van der Waals surface area contributed by atoms with Crippen molar-refractivity contribution in [1.82, 2.24) is 15.2 Å². The third-order valence-corrected chi connectivity index (χ3v) is 6.34. The van der Waals surface area contributed by atoms with E-state index in [-0.39, 0.29) is 44.8 Å². The fourth-order valence-corrected chi connectivity index (χ4v) is 4.83. The molecule has 5 nitrogen and oxygen atoms in total. The normalized spacial score (nSPS) is 22.1. The lowest BCUT2D eigenvalue weighted by atomic mass is 9.63. The molecule has 1 aliphatic heterocycles. The minimum atomic E-state index is -4.91.